The lowest BCUT2D eigenvalue weighted by Gasteiger charge is -2.34. The molecule has 3 aromatic rings. The van der Waals surface area contributed by atoms with Crippen LogP contribution in [0, 0.1) is 0 Å². The first-order valence-electron chi connectivity index (χ1n) is 13.3. The van der Waals surface area contributed by atoms with Crippen molar-refractivity contribution in [3.05, 3.63) is 62.5 Å². The molecular weight excluding hydrogens is 543 g/mol. The minimum atomic E-state index is -0.448. The number of amides is 1. The Bertz CT molecular complexity index is 1380. The molecular formula is C27H32Cl2N6O4. The molecule has 2 aliphatic rings. The predicted molar refractivity (Wildman–Crippen MR) is 145 cm³/mol. The first kappa shape index (κ1) is 27.6. The van der Waals surface area contributed by atoms with Gasteiger partial charge in [0, 0.05) is 30.0 Å². The van der Waals surface area contributed by atoms with E-state index in [-0.39, 0.29) is 37.1 Å². The Morgan fingerprint density at radius 1 is 1.21 bits per heavy atom. The quantitative estimate of drug-likeness (QED) is 0.350. The second-order valence-electron chi connectivity index (χ2n) is 10.3. The van der Waals surface area contributed by atoms with Gasteiger partial charge in [0.2, 0.25) is 11.8 Å². The van der Waals surface area contributed by atoms with Crippen LogP contribution >= 0.6 is 23.2 Å². The smallest absolute Gasteiger partial charge is 0.341 e. The maximum absolute atomic E-state index is 13.4. The fourth-order valence-corrected chi connectivity index (χ4v) is 5.08. The van der Waals surface area contributed by atoms with Crippen molar-refractivity contribution in [1.29, 1.82) is 0 Å². The monoisotopic (exact) mass is 574 g/mol. The molecule has 1 unspecified atom stereocenters. The third-order valence-corrected chi connectivity index (χ3v) is 7.97. The molecule has 10 nitrogen and oxygen atoms in total. The van der Waals surface area contributed by atoms with E-state index in [1.807, 2.05) is 25.5 Å². The van der Waals surface area contributed by atoms with Gasteiger partial charge in [-0.05, 0) is 51.8 Å². The topological polar surface area (TPSA) is 115 Å². The average Bonchev–Trinajstić information content (AvgIpc) is 3.52. The van der Waals surface area contributed by atoms with Crippen LogP contribution in [0.5, 0.6) is 0 Å². The Morgan fingerprint density at radius 3 is 2.67 bits per heavy atom. The molecule has 1 aliphatic carbocycles. The number of hydrogen-bond donors (Lipinski definition) is 1. The van der Waals surface area contributed by atoms with Gasteiger partial charge < -0.3 is 19.4 Å². The molecule has 1 aliphatic heterocycles. The molecule has 0 radical (unpaired) electrons. The number of aromatic nitrogens is 4. The highest BCUT2D eigenvalue weighted by atomic mass is 35.5. The number of rotatable bonds is 9. The molecule has 1 fully saturated rings. The SMILES string of the molecule is CCOC(=O)c1c([C@H](C)CNC(C)c2nnc(C3CC3)o2)nn2c1CN(C(=O)c1ccc(Cl)c(Cl)c1)[C@H](C)C2. The summed E-state index contributed by atoms with van der Waals surface area (Å²) in [5.74, 6) is 0.864. The number of nitrogens with zero attached hydrogens (tertiary/aromatic N) is 5. The van der Waals surface area contributed by atoms with E-state index < -0.39 is 5.97 Å². The minimum absolute atomic E-state index is 0.134. The highest BCUT2D eigenvalue weighted by molar-refractivity contribution is 6.42. The van der Waals surface area contributed by atoms with E-state index in [1.165, 1.54) is 0 Å². The molecule has 0 spiro atoms. The van der Waals surface area contributed by atoms with Crippen LogP contribution in [0.2, 0.25) is 10.0 Å². The maximum atomic E-state index is 13.4. The number of nitrogens with one attached hydrogen (secondary N) is 1. The molecule has 208 valence electrons. The first-order valence-corrected chi connectivity index (χ1v) is 14.0. The highest BCUT2D eigenvalue weighted by Crippen LogP contribution is 2.39. The Balaban J connectivity index is 1.37. The van der Waals surface area contributed by atoms with Crippen LogP contribution in [0.1, 0.15) is 102 Å². The van der Waals surface area contributed by atoms with Gasteiger partial charge in [-0.25, -0.2) is 4.79 Å². The van der Waals surface area contributed by atoms with Gasteiger partial charge in [-0.15, -0.1) is 10.2 Å². The Labute approximate surface area is 237 Å². The van der Waals surface area contributed by atoms with Crippen LogP contribution in [0.25, 0.3) is 0 Å². The van der Waals surface area contributed by atoms with E-state index in [0.29, 0.717) is 63.3 Å². The van der Waals surface area contributed by atoms with Crippen LogP contribution < -0.4 is 5.32 Å². The Kier molecular flexibility index (Phi) is 7.98. The molecule has 5 rings (SSSR count). The zero-order valence-corrected chi connectivity index (χ0v) is 23.9. The third-order valence-electron chi connectivity index (χ3n) is 7.23. The van der Waals surface area contributed by atoms with E-state index in [9.17, 15) is 9.59 Å². The van der Waals surface area contributed by atoms with Crippen molar-refractivity contribution >= 4 is 35.1 Å². The van der Waals surface area contributed by atoms with E-state index in [4.69, 9.17) is 37.5 Å². The van der Waals surface area contributed by atoms with Gasteiger partial charge in [0.25, 0.3) is 5.91 Å². The van der Waals surface area contributed by atoms with Crippen molar-refractivity contribution in [2.24, 2.45) is 0 Å². The van der Waals surface area contributed by atoms with Crippen molar-refractivity contribution in [3.63, 3.8) is 0 Å². The summed E-state index contributed by atoms with van der Waals surface area (Å²) in [7, 11) is 0. The molecule has 0 bridgehead atoms. The number of carbonyl (C=O) groups is 2. The molecule has 1 saturated carbocycles. The van der Waals surface area contributed by atoms with Crippen molar-refractivity contribution in [3.8, 4) is 0 Å². The normalized spacial score (nSPS) is 18.5. The number of esters is 1. The molecule has 12 heteroatoms. The summed E-state index contributed by atoms with van der Waals surface area (Å²) in [6.45, 7) is 9.10. The summed E-state index contributed by atoms with van der Waals surface area (Å²) in [4.78, 5) is 28.3. The van der Waals surface area contributed by atoms with Gasteiger partial charge in [-0.2, -0.15) is 5.10 Å². The summed E-state index contributed by atoms with van der Waals surface area (Å²) in [5.41, 5.74) is 2.12. The van der Waals surface area contributed by atoms with Gasteiger partial charge in [-0.1, -0.05) is 30.1 Å². The lowest BCUT2D eigenvalue weighted by molar-refractivity contribution is 0.0506. The Hall–Kier alpha value is -2.95. The summed E-state index contributed by atoms with van der Waals surface area (Å²) < 4.78 is 13.1. The zero-order chi connectivity index (χ0) is 27.8. The van der Waals surface area contributed by atoms with Gasteiger partial charge in [0.15, 0.2) is 0 Å². The molecule has 1 aromatic carbocycles. The Morgan fingerprint density at radius 2 is 1.97 bits per heavy atom. The second-order valence-corrected chi connectivity index (χ2v) is 11.1. The van der Waals surface area contributed by atoms with Gasteiger partial charge in [0.1, 0.15) is 5.56 Å². The molecule has 3 heterocycles. The summed E-state index contributed by atoms with van der Waals surface area (Å²) in [6.07, 6.45) is 2.19. The number of hydrogen-bond acceptors (Lipinski definition) is 8. The lowest BCUT2D eigenvalue weighted by atomic mass is 10.00. The predicted octanol–water partition coefficient (Wildman–Crippen LogP) is 5.13. The maximum Gasteiger partial charge on any atom is 0.341 e. The fraction of sp³-hybridized carbons (Fsp3) is 0.519. The standard InChI is InChI=1S/C27H32Cl2N6O4/c1-5-38-27(37)22-21-13-34(26(36)18-8-9-19(28)20(29)10-18)15(3)12-35(21)33-23(22)14(2)11-30-16(4)24-31-32-25(39-24)17-6-7-17/h8-10,14-17,30H,5-7,11-13H2,1-4H3/t14-,15-,16?/m1/s1. The second kappa shape index (κ2) is 11.3. The van der Waals surface area contributed by atoms with Crippen molar-refractivity contribution < 1.29 is 18.7 Å². The first-order chi connectivity index (χ1) is 18.7. The largest absolute Gasteiger partial charge is 0.462 e. The molecule has 2 aromatic heterocycles. The average molecular weight is 575 g/mol. The van der Waals surface area contributed by atoms with Gasteiger partial charge >= 0.3 is 5.97 Å². The van der Waals surface area contributed by atoms with Crippen molar-refractivity contribution in [2.75, 3.05) is 13.2 Å². The number of ether oxygens (including phenoxy) is 1. The fourth-order valence-electron chi connectivity index (χ4n) is 4.79. The summed E-state index contributed by atoms with van der Waals surface area (Å²) in [6, 6.07) is 4.51. The van der Waals surface area contributed by atoms with Crippen molar-refractivity contribution in [2.45, 2.75) is 77.5 Å². The summed E-state index contributed by atoms with van der Waals surface area (Å²) >= 11 is 12.2. The molecule has 3 atom stereocenters. The number of benzene rings is 1. The van der Waals surface area contributed by atoms with Gasteiger partial charge in [-0.3, -0.25) is 9.48 Å². The number of halogens is 2. The molecule has 0 saturated heterocycles. The zero-order valence-electron chi connectivity index (χ0n) is 22.4. The molecule has 1 N–H and O–H groups in total. The van der Waals surface area contributed by atoms with Crippen LogP contribution in [0.4, 0.5) is 0 Å². The molecule has 1 amide bonds. The van der Waals surface area contributed by atoms with Crippen LogP contribution in [-0.4, -0.2) is 55.9 Å². The van der Waals surface area contributed by atoms with E-state index in [1.54, 1.807) is 30.0 Å². The highest BCUT2D eigenvalue weighted by Gasteiger charge is 2.36. The van der Waals surface area contributed by atoms with E-state index in [0.717, 1.165) is 12.8 Å². The summed E-state index contributed by atoms with van der Waals surface area (Å²) in [5, 5.41) is 17.3. The van der Waals surface area contributed by atoms with Crippen LogP contribution in [0.3, 0.4) is 0 Å². The third kappa shape index (κ3) is 5.69. The number of carbonyl (C=O) groups excluding carboxylic acids is 2. The molecule has 39 heavy (non-hydrogen) atoms. The lowest BCUT2D eigenvalue weighted by Crippen LogP contribution is -2.45. The van der Waals surface area contributed by atoms with Crippen LogP contribution in [0.15, 0.2) is 22.6 Å². The van der Waals surface area contributed by atoms with Crippen molar-refractivity contribution in [1.82, 2.24) is 30.2 Å². The minimum Gasteiger partial charge on any atom is -0.462 e. The van der Waals surface area contributed by atoms with E-state index >= 15 is 0 Å². The van der Waals surface area contributed by atoms with Gasteiger partial charge in [0.05, 0.1) is 47.2 Å². The van der Waals surface area contributed by atoms with Crippen LogP contribution in [-0.2, 0) is 17.8 Å². The number of fused-ring (bicyclic) bond motifs is 1. The van der Waals surface area contributed by atoms with E-state index in [2.05, 4.69) is 15.5 Å².